The molecule has 0 aliphatic rings. The zero-order valence-corrected chi connectivity index (χ0v) is 12.1. The van der Waals surface area contributed by atoms with E-state index in [9.17, 15) is 14.4 Å². The van der Waals surface area contributed by atoms with E-state index in [-0.39, 0.29) is 12.5 Å². The number of carbonyl (C=O) groups excluding carboxylic acids is 3. The van der Waals surface area contributed by atoms with Gasteiger partial charge in [-0.1, -0.05) is 13.8 Å². The van der Waals surface area contributed by atoms with Gasteiger partial charge in [-0.25, -0.2) is 4.79 Å². The van der Waals surface area contributed by atoms with E-state index >= 15 is 0 Å². The molecule has 0 bridgehead atoms. The van der Waals surface area contributed by atoms with Gasteiger partial charge in [0.15, 0.2) is 0 Å². The largest absolute Gasteiger partial charge is 0.444 e. The van der Waals surface area contributed by atoms with Gasteiger partial charge < -0.3 is 21.1 Å². The van der Waals surface area contributed by atoms with Crippen molar-refractivity contribution in [3.63, 3.8) is 0 Å². The van der Waals surface area contributed by atoms with Gasteiger partial charge in [-0.05, 0) is 26.7 Å². The summed E-state index contributed by atoms with van der Waals surface area (Å²) in [6, 6.07) is -0.783. The van der Waals surface area contributed by atoms with E-state index in [0.29, 0.717) is 0 Å². The highest BCUT2D eigenvalue weighted by Crippen LogP contribution is 2.08. The molecule has 0 aliphatic heterocycles. The maximum atomic E-state index is 11.8. The molecule has 0 rings (SSSR count). The molecule has 0 aliphatic carbocycles. The molecule has 0 fully saturated rings. The molecule has 0 heterocycles. The molecule has 0 saturated heterocycles. The summed E-state index contributed by atoms with van der Waals surface area (Å²) < 4.78 is 5.07. The Hall–Kier alpha value is -1.79. The maximum absolute atomic E-state index is 11.8. The third-order valence-corrected chi connectivity index (χ3v) is 2.06. The summed E-state index contributed by atoms with van der Waals surface area (Å²) >= 11 is 0. The molecular formula is C12H23N3O4. The molecule has 7 heteroatoms. The second-order valence-electron chi connectivity index (χ2n) is 5.55. The molecular weight excluding hydrogens is 250 g/mol. The molecule has 0 spiro atoms. The van der Waals surface area contributed by atoms with Crippen molar-refractivity contribution in [2.45, 2.75) is 46.3 Å². The molecule has 19 heavy (non-hydrogen) atoms. The lowest BCUT2D eigenvalue weighted by molar-refractivity contribution is -0.127. The van der Waals surface area contributed by atoms with Crippen LogP contribution in [0.15, 0.2) is 0 Å². The Morgan fingerprint density at radius 3 is 2.11 bits per heavy atom. The standard InChI is InChI=1S/C12H23N3O4/c1-7(2)9(10(17)14-6-8(13)16)15-11(18)19-12(3,4)5/h7,9H,6H2,1-5H3,(H2,13,16)(H,14,17)(H,15,18)/t9-/m0/s1. The molecule has 0 aromatic carbocycles. The highest BCUT2D eigenvalue weighted by Gasteiger charge is 2.26. The maximum Gasteiger partial charge on any atom is 0.408 e. The zero-order chi connectivity index (χ0) is 15.2. The topological polar surface area (TPSA) is 111 Å². The van der Waals surface area contributed by atoms with E-state index < -0.39 is 29.6 Å². The van der Waals surface area contributed by atoms with Crippen LogP contribution in [0.4, 0.5) is 4.79 Å². The average molecular weight is 273 g/mol. The van der Waals surface area contributed by atoms with Gasteiger partial charge >= 0.3 is 6.09 Å². The van der Waals surface area contributed by atoms with Crippen molar-refractivity contribution in [1.29, 1.82) is 0 Å². The van der Waals surface area contributed by atoms with Crippen LogP contribution in [-0.2, 0) is 14.3 Å². The minimum atomic E-state index is -0.783. The van der Waals surface area contributed by atoms with Crippen molar-refractivity contribution < 1.29 is 19.1 Å². The molecule has 4 N–H and O–H groups in total. The molecule has 7 nitrogen and oxygen atoms in total. The highest BCUT2D eigenvalue weighted by molar-refractivity contribution is 5.89. The van der Waals surface area contributed by atoms with E-state index in [1.165, 1.54) is 0 Å². The predicted molar refractivity (Wildman–Crippen MR) is 70.2 cm³/mol. The lowest BCUT2D eigenvalue weighted by atomic mass is 10.0. The fraction of sp³-hybridized carbons (Fsp3) is 0.750. The first-order valence-electron chi connectivity index (χ1n) is 6.08. The number of nitrogens with two attached hydrogens (primary N) is 1. The molecule has 0 radical (unpaired) electrons. The Balaban J connectivity index is 4.53. The Morgan fingerprint density at radius 1 is 1.21 bits per heavy atom. The van der Waals surface area contributed by atoms with Gasteiger partial charge in [0.25, 0.3) is 0 Å². The molecule has 3 amide bonds. The van der Waals surface area contributed by atoms with Crippen LogP contribution in [0.2, 0.25) is 0 Å². The lowest BCUT2D eigenvalue weighted by Gasteiger charge is -2.25. The van der Waals surface area contributed by atoms with Gasteiger partial charge in [-0.15, -0.1) is 0 Å². The summed E-state index contributed by atoms with van der Waals surface area (Å²) in [6.45, 7) is 8.45. The van der Waals surface area contributed by atoms with Gasteiger partial charge in [-0.3, -0.25) is 9.59 Å². The van der Waals surface area contributed by atoms with Crippen LogP contribution in [0.3, 0.4) is 0 Å². The van der Waals surface area contributed by atoms with E-state index in [2.05, 4.69) is 10.6 Å². The van der Waals surface area contributed by atoms with Crippen molar-refractivity contribution in [3.8, 4) is 0 Å². The van der Waals surface area contributed by atoms with Crippen molar-refractivity contribution in [2.75, 3.05) is 6.54 Å². The second kappa shape index (κ2) is 6.96. The van der Waals surface area contributed by atoms with Gasteiger partial charge in [0.1, 0.15) is 11.6 Å². The van der Waals surface area contributed by atoms with Crippen LogP contribution >= 0.6 is 0 Å². The van der Waals surface area contributed by atoms with E-state index in [1.807, 2.05) is 0 Å². The van der Waals surface area contributed by atoms with Gasteiger partial charge in [0, 0.05) is 0 Å². The van der Waals surface area contributed by atoms with Crippen LogP contribution in [0.1, 0.15) is 34.6 Å². The molecule has 110 valence electrons. The number of primary amides is 1. The van der Waals surface area contributed by atoms with E-state index in [1.54, 1.807) is 34.6 Å². The zero-order valence-electron chi connectivity index (χ0n) is 12.1. The first kappa shape index (κ1) is 17.2. The number of rotatable bonds is 5. The molecule has 0 aromatic rings. The summed E-state index contributed by atoms with van der Waals surface area (Å²) in [5, 5.41) is 4.82. The number of carbonyl (C=O) groups is 3. The summed E-state index contributed by atoms with van der Waals surface area (Å²) in [7, 11) is 0. The molecule has 0 unspecified atom stereocenters. The third-order valence-electron chi connectivity index (χ3n) is 2.06. The first-order chi connectivity index (χ1) is 8.53. The number of amides is 3. The minimum Gasteiger partial charge on any atom is -0.444 e. The Morgan fingerprint density at radius 2 is 1.74 bits per heavy atom. The predicted octanol–water partition coefficient (Wildman–Crippen LogP) is 0.137. The van der Waals surface area contributed by atoms with Crippen molar-refractivity contribution >= 4 is 17.9 Å². The Bertz CT molecular complexity index is 347. The van der Waals surface area contributed by atoms with Gasteiger partial charge in [0.2, 0.25) is 11.8 Å². The third kappa shape index (κ3) is 8.01. The minimum absolute atomic E-state index is 0.152. The number of hydrogen-bond acceptors (Lipinski definition) is 4. The van der Waals surface area contributed by atoms with Crippen LogP contribution in [-0.4, -0.2) is 36.1 Å². The Kier molecular flexibility index (Phi) is 6.31. The lowest BCUT2D eigenvalue weighted by Crippen LogP contribution is -2.52. The van der Waals surface area contributed by atoms with Crippen LogP contribution in [0.25, 0.3) is 0 Å². The summed E-state index contributed by atoms with van der Waals surface area (Å²) in [4.78, 5) is 34.0. The average Bonchev–Trinajstić information content (AvgIpc) is 2.19. The van der Waals surface area contributed by atoms with Gasteiger partial charge in [0.05, 0.1) is 6.54 Å². The van der Waals surface area contributed by atoms with Crippen LogP contribution in [0, 0.1) is 5.92 Å². The second-order valence-corrected chi connectivity index (χ2v) is 5.55. The van der Waals surface area contributed by atoms with E-state index in [0.717, 1.165) is 0 Å². The number of nitrogens with one attached hydrogen (secondary N) is 2. The first-order valence-corrected chi connectivity index (χ1v) is 6.08. The molecule has 0 aromatic heterocycles. The Labute approximate surface area is 113 Å². The van der Waals surface area contributed by atoms with Crippen molar-refractivity contribution in [2.24, 2.45) is 11.7 Å². The summed E-state index contributed by atoms with van der Waals surface area (Å²) in [5.41, 5.74) is 4.29. The SMILES string of the molecule is CC(C)[C@H](NC(=O)OC(C)(C)C)C(=O)NCC(N)=O. The highest BCUT2D eigenvalue weighted by atomic mass is 16.6. The van der Waals surface area contributed by atoms with Crippen LogP contribution in [0.5, 0.6) is 0 Å². The van der Waals surface area contributed by atoms with Crippen molar-refractivity contribution in [1.82, 2.24) is 10.6 Å². The van der Waals surface area contributed by atoms with Crippen molar-refractivity contribution in [3.05, 3.63) is 0 Å². The summed E-state index contributed by atoms with van der Waals surface area (Å²) in [6.07, 6.45) is -0.680. The normalized spacial score (nSPS) is 12.7. The molecule has 1 atom stereocenters. The number of hydrogen-bond donors (Lipinski definition) is 3. The monoisotopic (exact) mass is 273 g/mol. The number of alkyl carbamates (subject to hydrolysis) is 1. The van der Waals surface area contributed by atoms with Gasteiger partial charge in [-0.2, -0.15) is 0 Å². The fourth-order valence-electron chi connectivity index (χ4n) is 1.25. The smallest absolute Gasteiger partial charge is 0.408 e. The van der Waals surface area contributed by atoms with Crippen LogP contribution < -0.4 is 16.4 Å². The fourth-order valence-corrected chi connectivity index (χ4v) is 1.25. The summed E-state index contributed by atoms with van der Waals surface area (Å²) in [5.74, 6) is -1.27. The van der Waals surface area contributed by atoms with E-state index in [4.69, 9.17) is 10.5 Å². The number of ether oxygens (including phenoxy) is 1. The molecule has 0 saturated carbocycles. The quantitative estimate of drug-likeness (QED) is 0.661.